The number of amides is 2. The monoisotopic (exact) mass is 366 g/mol. The maximum Gasteiger partial charge on any atom is 0.390 e. The molecule has 0 spiro atoms. The first kappa shape index (κ1) is 20.9. The molecule has 4 nitrogen and oxygen atoms in total. The Morgan fingerprint density at radius 1 is 1.20 bits per heavy atom. The quantitative estimate of drug-likeness (QED) is 0.567. The molecule has 1 aromatic rings. The topological polar surface area (TPSA) is 49.4 Å². The largest absolute Gasteiger partial charge is 0.390 e. The summed E-state index contributed by atoms with van der Waals surface area (Å²) in [7, 11) is 0. The van der Waals surface area contributed by atoms with E-state index in [0.717, 1.165) is 17.0 Å². The first-order valence-electron chi connectivity index (χ1n) is 7.72. The highest BCUT2D eigenvalue weighted by Gasteiger charge is 2.28. The summed E-state index contributed by atoms with van der Waals surface area (Å²) in [5.41, 5.74) is -0.326. The van der Waals surface area contributed by atoms with Crippen LogP contribution in [-0.4, -0.2) is 42.5 Å². The fraction of sp³-hybridized carbons (Fsp3) is 0.500. The van der Waals surface area contributed by atoms with E-state index >= 15 is 0 Å². The third-order valence-corrected chi connectivity index (χ3v) is 3.43. The Hall–Kier alpha value is -2.19. The van der Waals surface area contributed by atoms with E-state index in [1.54, 1.807) is 6.92 Å². The molecule has 0 fully saturated rings. The third kappa shape index (κ3) is 7.49. The number of benzene rings is 1. The van der Waals surface area contributed by atoms with Gasteiger partial charge in [0.1, 0.15) is 11.6 Å². The predicted octanol–water partition coefficient (Wildman–Crippen LogP) is 3.28. The summed E-state index contributed by atoms with van der Waals surface area (Å²) in [5, 5.41) is 2.38. The molecule has 25 heavy (non-hydrogen) atoms. The standard InChI is InChI=1S/C16H19F5N2O2/c1-2-23(9-7-16(19,20)21)14(24)4-3-8-22-15(25)12-6-5-11(17)10-13(12)18/h5-6,10H,2-4,7-9H2,1H3,(H,22,25). The number of hydrogen-bond donors (Lipinski definition) is 1. The van der Waals surface area contributed by atoms with Crippen molar-refractivity contribution in [1.82, 2.24) is 10.2 Å². The third-order valence-electron chi connectivity index (χ3n) is 3.43. The Morgan fingerprint density at radius 2 is 1.88 bits per heavy atom. The van der Waals surface area contributed by atoms with Crippen molar-refractivity contribution in [3.8, 4) is 0 Å². The molecular formula is C16H19F5N2O2. The molecule has 0 radical (unpaired) electrons. The van der Waals surface area contributed by atoms with Gasteiger partial charge in [0, 0.05) is 32.1 Å². The molecule has 2 amide bonds. The number of carbonyl (C=O) groups excluding carboxylic acids is 2. The van der Waals surface area contributed by atoms with Crippen LogP contribution in [0.25, 0.3) is 0 Å². The SMILES string of the molecule is CCN(CCC(F)(F)F)C(=O)CCCNC(=O)c1ccc(F)cc1F. The van der Waals surface area contributed by atoms with Gasteiger partial charge in [0.15, 0.2) is 0 Å². The molecule has 1 aromatic carbocycles. The minimum absolute atomic E-state index is 0.0399. The Morgan fingerprint density at radius 3 is 2.44 bits per heavy atom. The normalized spacial score (nSPS) is 11.3. The van der Waals surface area contributed by atoms with Gasteiger partial charge in [-0.3, -0.25) is 9.59 Å². The molecule has 0 aliphatic heterocycles. The first-order chi connectivity index (χ1) is 11.6. The van der Waals surface area contributed by atoms with Crippen LogP contribution in [0.5, 0.6) is 0 Å². The fourth-order valence-electron chi connectivity index (χ4n) is 2.09. The number of rotatable bonds is 8. The van der Waals surface area contributed by atoms with Crippen molar-refractivity contribution < 1.29 is 31.5 Å². The number of hydrogen-bond acceptors (Lipinski definition) is 2. The molecular weight excluding hydrogens is 347 g/mol. The van der Waals surface area contributed by atoms with E-state index in [0.29, 0.717) is 6.07 Å². The molecule has 0 unspecified atom stereocenters. The highest BCUT2D eigenvalue weighted by molar-refractivity contribution is 5.94. The predicted molar refractivity (Wildman–Crippen MR) is 80.9 cm³/mol. The lowest BCUT2D eigenvalue weighted by Gasteiger charge is -2.21. The van der Waals surface area contributed by atoms with E-state index in [-0.39, 0.29) is 31.5 Å². The van der Waals surface area contributed by atoms with Crippen molar-refractivity contribution in [1.29, 1.82) is 0 Å². The summed E-state index contributed by atoms with van der Waals surface area (Å²) < 4.78 is 62.8. The zero-order chi connectivity index (χ0) is 19.0. The number of nitrogens with zero attached hydrogens (tertiary/aromatic N) is 1. The molecule has 0 bridgehead atoms. The Labute approximate surface area is 142 Å². The van der Waals surface area contributed by atoms with Crippen LogP contribution >= 0.6 is 0 Å². The zero-order valence-electron chi connectivity index (χ0n) is 13.6. The van der Waals surface area contributed by atoms with Gasteiger partial charge in [0.2, 0.25) is 5.91 Å². The molecule has 0 aliphatic rings. The van der Waals surface area contributed by atoms with Crippen LogP contribution in [0, 0.1) is 11.6 Å². The van der Waals surface area contributed by atoms with Gasteiger partial charge in [0.25, 0.3) is 5.91 Å². The lowest BCUT2D eigenvalue weighted by molar-refractivity contribution is -0.145. The second kappa shape index (κ2) is 9.33. The van der Waals surface area contributed by atoms with E-state index in [1.165, 1.54) is 0 Å². The van der Waals surface area contributed by atoms with Gasteiger partial charge >= 0.3 is 6.18 Å². The van der Waals surface area contributed by atoms with Crippen LogP contribution < -0.4 is 5.32 Å². The van der Waals surface area contributed by atoms with E-state index in [4.69, 9.17) is 0 Å². The summed E-state index contributed by atoms with van der Waals surface area (Å²) in [6.45, 7) is 1.36. The average molecular weight is 366 g/mol. The molecule has 9 heteroatoms. The molecule has 1 N–H and O–H groups in total. The minimum atomic E-state index is -4.33. The van der Waals surface area contributed by atoms with E-state index < -0.39 is 42.6 Å². The molecule has 0 atom stereocenters. The van der Waals surface area contributed by atoms with Gasteiger partial charge < -0.3 is 10.2 Å². The van der Waals surface area contributed by atoms with Crippen LogP contribution in [0.2, 0.25) is 0 Å². The summed E-state index contributed by atoms with van der Waals surface area (Å²) in [6.07, 6.45) is -5.26. The van der Waals surface area contributed by atoms with Crippen molar-refractivity contribution in [3.63, 3.8) is 0 Å². The van der Waals surface area contributed by atoms with E-state index in [2.05, 4.69) is 5.32 Å². The maximum absolute atomic E-state index is 13.4. The lowest BCUT2D eigenvalue weighted by atomic mass is 10.2. The maximum atomic E-state index is 13.4. The number of nitrogens with one attached hydrogen (secondary N) is 1. The molecule has 0 aromatic heterocycles. The second-order valence-corrected chi connectivity index (χ2v) is 5.32. The van der Waals surface area contributed by atoms with E-state index in [1.807, 2.05) is 0 Å². The Balaban J connectivity index is 2.38. The lowest BCUT2D eigenvalue weighted by Crippen LogP contribution is -2.34. The second-order valence-electron chi connectivity index (χ2n) is 5.32. The smallest absolute Gasteiger partial charge is 0.352 e. The van der Waals surface area contributed by atoms with Crippen LogP contribution in [0.15, 0.2) is 18.2 Å². The molecule has 0 saturated heterocycles. The van der Waals surface area contributed by atoms with Gasteiger partial charge in [-0.2, -0.15) is 13.2 Å². The highest BCUT2D eigenvalue weighted by Crippen LogP contribution is 2.20. The minimum Gasteiger partial charge on any atom is -0.352 e. The summed E-state index contributed by atoms with van der Waals surface area (Å²) in [4.78, 5) is 24.7. The highest BCUT2D eigenvalue weighted by atomic mass is 19.4. The van der Waals surface area contributed by atoms with Crippen LogP contribution in [0.4, 0.5) is 22.0 Å². The summed E-state index contributed by atoms with van der Waals surface area (Å²) >= 11 is 0. The first-order valence-corrected chi connectivity index (χ1v) is 7.72. The Kier molecular flexibility index (Phi) is 7.79. The fourth-order valence-corrected chi connectivity index (χ4v) is 2.09. The number of alkyl halides is 3. The van der Waals surface area contributed by atoms with Gasteiger partial charge in [0.05, 0.1) is 12.0 Å². The summed E-state index contributed by atoms with van der Waals surface area (Å²) in [6, 6.07) is 2.53. The molecule has 0 heterocycles. The van der Waals surface area contributed by atoms with Gasteiger partial charge in [-0.1, -0.05) is 0 Å². The molecule has 0 saturated carbocycles. The molecule has 0 aliphatic carbocycles. The van der Waals surface area contributed by atoms with Crippen molar-refractivity contribution in [2.45, 2.75) is 32.4 Å². The van der Waals surface area contributed by atoms with Crippen LogP contribution in [-0.2, 0) is 4.79 Å². The molecule has 140 valence electrons. The number of carbonyl (C=O) groups is 2. The van der Waals surface area contributed by atoms with Crippen LogP contribution in [0.1, 0.15) is 36.5 Å². The van der Waals surface area contributed by atoms with Crippen molar-refractivity contribution in [2.75, 3.05) is 19.6 Å². The van der Waals surface area contributed by atoms with Crippen molar-refractivity contribution in [2.24, 2.45) is 0 Å². The van der Waals surface area contributed by atoms with Gasteiger partial charge in [-0.25, -0.2) is 8.78 Å². The van der Waals surface area contributed by atoms with Crippen molar-refractivity contribution in [3.05, 3.63) is 35.4 Å². The average Bonchev–Trinajstić information content (AvgIpc) is 2.50. The zero-order valence-corrected chi connectivity index (χ0v) is 13.6. The van der Waals surface area contributed by atoms with Crippen molar-refractivity contribution >= 4 is 11.8 Å². The summed E-state index contributed by atoms with van der Waals surface area (Å²) in [5.74, 6) is -3.01. The van der Waals surface area contributed by atoms with Gasteiger partial charge in [-0.15, -0.1) is 0 Å². The molecule has 1 rings (SSSR count). The van der Waals surface area contributed by atoms with Crippen LogP contribution in [0.3, 0.4) is 0 Å². The number of halogens is 5. The Bertz CT molecular complexity index is 605. The van der Waals surface area contributed by atoms with Gasteiger partial charge in [-0.05, 0) is 25.5 Å². The van der Waals surface area contributed by atoms with E-state index in [9.17, 15) is 31.5 Å².